The third-order valence-corrected chi connectivity index (χ3v) is 5.96. The van der Waals surface area contributed by atoms with Gasteiger partial charge in [0.25, 0.3) is 0 Å². The van der Waals surface area contributed by atoms with Crippen molar-refractivity contribution >= 4 is 0 Å². The van der Waals surface area contributed by atoms with Crippen LogP contribution >= 0.6 is 0 Å². The minimum Gasteiger partial charge on any atom is -0.368 e. The summed E-state index contributed by atoms with van der Waals surface area (Å²) < 4.78 is 31.6. The Balaban J connectivity index is 1.56. The molecular formula is C30H34O5. The molecule has 0 radical (unpaired) electrons. The van der Waals surface area contributed by atoms with E-state index in [2.05, 4.69) is 6.58 Å². The zero-order valence-electron chi connectivity index (χ0n) is 20.2. The van der Waals surface area contributed by atoms with Crippen molar-refractivity contribution in [1.82, 2.24) is 0 Å². The summed E-state index contributed by atoms with van der Waals surface area (Å²) >= 11 is 0. The Bertz CT molecular complexity index is 995. The van der Waals surface area contributed by atoms with Gasteiger partial charge in [0.1, 0.15) is 18.3 Å². The lowest BCUT2D eigenvalue weighted by atomic mass is 9.98. The molecule has 0 N–H and O–H groups in total. The molecule has 4 rings (SSSR count). The fraction of sp³-hybridized carbons (Fsp3) is 0.333. The summed E-state index contributed by atoms with van der Waals surface area (Å²) in [6, 6.07) is 30.3. The van der Waals surface area contributed by atoms with Gasteiger partial charge in [0.15, 0.2) is 6.29 Å². The largest absolute Gasteiger partial charge is 0.368 e. The first-order valence-corrected chi connectivity index (χ1v) is 12.1. The van der Waals surface area contributed by atoms with Crippen molar-refractivity contribution in [2.45, 2.75) is 57.5 Å². The molecule has 0 amide bonds. The van der Waals surface area contributed by atoms with Gasteiger partial charge in [0.05, 0.1) is 32.5 Å². The third-order valence-electron chi connectivity index (χ3n) is 5.96. The van der Waals surface area contributed by atoms with Crippen molar-refractivity contribution in [2.75, 3.05) is 6.61 Å². The Labute approximate surface area is 208 Å². The van der Waals surface area contributed by atoms with Crippen molar-refractivity contribution in [1.29, 1.82) is 0 Å². The van der Waals surface area contributed by atoms with Gasteiger partial charge in [0, 0.05) is 0 Å². The summed E-state index contributed by atoms with van der Waals surface area (Å²) in [5.74, 6) is 0. The van der Waals surface area contributed by atoms with Gasteiger partial charge >= 0.3 is 0 Å². The molecule has 5 atom stereocenters. The highest BCUT2D eigenvalue weighted by Crippen LogP contribution is 2.31. The second-order valence-corrected chi connectivity index (χ2v) is 8.62. The summed E-state index contributed by atoms with van der Waals surface area (Å²) in [5, 5.41) is 0. The Morgan fingerprint density at radius 1 is 0.629 bits per heavy atom. The summed E-state index contributed by atoms with van der Waals surface area (Å²) in [7, 11) is 0. The fourth-order valence-electron chi connectivity index (χ4n) is 4.17. The minimum atomic E-state index is -0.607. The SMILES string of the molecule is C=CCO[C@H]1OC(C)[C@@H](OCc2ccccc2)[C@H](OCc2ccccc2)C1OCc1ccccc1. The zero-order valence-corrected chi connectivity index (χ0v) is 20.2. The average molecular weight is 475 g/mol. The number of ether oxygens (including phenoxy) is 5. The maximum absolute atomic E-state index is 6.52. The van der Waals surface area contributed by atoms with Gasteiger partial charge in [-0.15, -0.1) is 6.58 Å². The molecule has 0 bridgehead atoms. The fourth-order valence-corrected chi connectivity index (χ4v) is 4.17. The summed E-state index contributed by atoms with van der Waals surface area (Å²) in [6.45, 7) is 7.42. The smallest absolute Gasteiger partial charge is 0.187 e. The number of benzene rings is 3. The van der Waals surface area contributed by atoms with Gasteiger partial charge in [-0.3, -0.25) is 0 Å². The minimum absolute atomic E-state index is 0.258. The van der Waals surface area contributed by atoms with Crippen molar-refractivity contribution in [3.8, 4) is 0 Å². The van der Waals surface area contributed by atoms with Crippen molar-refractivity contribution in [3.05, 3.63) is 120 Å². The quantitative estimate of drug-likeness (QED) is 0.316. The molecule has 0 saturated carbocycles. The molecule has 0 aromatic heterocycles. The monoisotopic (exact) mass is 474 g/mol. The highest BCUT2D eigenvalue weighted by Gasteiger charge is 2.47. The normalized spacial score (nSPS) is 24.2. The van der Waals surface area contributed by atoms with Crippen LogP contribution in [0.3, 0.4) is 0 Å². The van der Waals surface area contributed by atoms with E-state index in [0.29, 0.717) is 26.4 Å². The van der Waals surface area contributed by atoms with Crippen LogP contribution in [0.1, 0.15) is 23.6 Å². The molecule has 2 unspecified atom stereocenters. The first-order valence-electron chi connectivity index (χ1n) is 12.1. The van der Waals surface area contributed by atoms with E-state index >= 15 is 0 Å². The Morgan fingerprint density at radius 3 is 1.51 bits per heavy atom. The lowest BCUT2D eigenvalue weighted by molar-refractivity contribution is -0.318. The first kappa shape index (κ1) is 25.3. The van der Waals surface area contributed by atoms with Crippen LogP contribution in [0.4, 0.5) is 0 Å². The molecule has 1 fully saturated rings. The van der Waals surface area contributed by atoms with Crippen LogP contribution < -0.4 is 0 Å². The number of hydrogen-bond donors (Lipinski definition) is 0. The van der Waals surface area contributed by atoms with Crippen molar-refractivity contribution in [3.63, 3.8) is 0 Å². The van der Waals surface area contributed by atoms with Crippen LogP contribution in [0.2, 0.25) is 0 Å². The Hall–Kier alpha value is -2.80. The van der Waals surface area contributed by atoms with E-state index in [9.17, 15) is 0 Å². The molecule has 3 aromatic carbocycles. The number of rotatable bonds is 12. The van der Waals surface area contributed by atoms with E-state index in [0.717, 1.165) is 16.7 Å². The lowest BCUT2D eigenvalue weighted by Gasteiger charge is -2.45. The maximum Gasteiger partial charge on any atom is 0.187 e. The van der Waals surface area contributed by atoms with E-state index < -0.39 is 18.5 Å². The predicted octanol–water partition coefficient (Wildman–Crippen LogP) is 5.69. The summed E-state index contributed by atoms with van der Waals surface area (Å²) in [5.41, 5.74) is 3.24. The molecule has 1 saturated heterocycles. The van der Waals surface area contributed by atoms with Crippen molar-refractivity contribution < 1.29 is 23.7 Å². The van der Waals surface area contributed by atoms with Crippen LogP contribution in [0.5, 0.6) is 0 Å². The highest BCUT2D eigenvalue weighted by molar-refractivity contribution is 5.15. The van der Waals surface area contributed by atoms with E-state index in [1.54, 1.807) is 6.08 Å². The van der Waals surface area contributed by atoms with Gasteiger partial charge in [0.2, 0.25) is 0 Å². The summed E-state index contributed by atoms with van der Waals surface area (Å²) in [4.78, 5) is 0. The van der Waals surface area contributed by atoms with E-state index in [1.807, 2.05) is 97.9 Å². The lowest BCUT2D eigenvalue weighted by Crippen LogP contribution is -2.60. The average Bonchev–Trinajstić information content (AvgIpc) is 2.91. The van der Waals surface area contributed by atoms with Gasteiger partial charge in [-0.1, -0.05) is 97.1 Å². The maximum atomic E-state index is 6.52. The predicted molar refractivity (Wildman–Crippen MR) is 136 cm³/mol. The second kappa shape index (κ2) is 13.3. The van der Waals surface area contributed by atoms with E-state index in [-0.39, 0.29) is 12.2 Å². The number of hydrogen-bond acceptors (Lipinski definition) is 5. The molecule has 1 aliphatic rings. The Kier molecular flexibility index (Phi) is 9.64. The Morgan fingerprint density at radius 2 is 1.06 bits per heavy atom. The van der Waals surface area contributed by atoms with Crippen molar-refractivity contribution in [2.24, 2.45) is 0 Å². The van der Waals surface area contributed by atoms with Crippen LogP contribution in [0, 0.1) is 0 Å². The van der Waals surface area contributed by atoms with Gasteiger partial charge in [-0.2, -0.15) is 0 Å². The first-order chi connectivity index (χ1) is 17.2. The van der Waals surface area contributed by atoms with Gasteiger partial charge in [-0.05, 0) is 23.6 Å². The molecule has 5 heteroatoms. The van der Waals surface area contributed by atoms with Crippen LogP contribution in [-0.4, -0.2) is 37.3 Å². The highest BCUT2D eigenvalue weighted by atomic mass is 16.7. The summed E-state index contributed by atoms with van der Waals surface area (Å²) in [6.07, 6.45) is -0.393. The van der Waals surface area contributed by atoms with Gasteiger partial charge < -0.3 is 23.7 Å². The molecule has 1 heterocycles. The van der Waals surface area contributed by atoms with Gasteiger partial charge in [-0.25, -0.2) is 0 Å². The second-order valence-electron chi connectivity index (χ2n) is 8.62. The van der Waals surface area contributed by atoms with Crippen LogP contribution in [0.15, 0.2) is 104 Å². The molecule has 1 aliphatic heterocycles. The molecule has 3 aromatic rings. The topological polar surface area (TPSA) is 46.2 Å². The van der Waals surface area contributed by atoms with Crippen LogP contribution in [0.25, 0.3) is 0 Å². The van der Waals surface area contributed by atoms with E-state index in [4.69, 9.17) is 23.7 Å². The molecule has 5 nitrogen and oxygen atoms in total. The molecule has 0 spiro atoms. The molecular weight excluding hydrogens is 440 g/mol. The third kappa shape index (κ3) is 7.34. The molecule has 184 valence electrons. The molecule has 35 heavy (non-hydrogen) atoms. The standard InChI is InChI=1S/C30H34O5/c1-3-19-31-30-29(34-22-26-17-11-6-12-18-26)28(33-21-25-15-9-5-10-16-25)27(23(2)35-30)32-20-24-13-7-4-8-14-24/h3-18,23,27-30H,1,19-22H2,2H3/t23?,27-,28+,29?,30+/m1/s1. The molecule has 0 aliphatic carbocycles. The van der Waals surface area contributed by atoms with E-state index in [1.165, 1.54) is 0 Å². The van der Waals surface area contributed by atoms with Crippen LogP contribution in [-0.2, 0) is 43.5 Å². The zero-order chi connectivity index (χ0) is 24.3.